The molecule has 14 heavy (non-hydrogen) atoms. The number of alkyl halides is 3. The maximum absolute atomic E-state index is 12.0. The van der Waals surface area contributed by atoms with Crippen LogP contribution in [0.15, 0.2) is 18.2 Å². The van der Waals surface area contributed by atoms with Crippen molar-refractivity contribution >= 4 is 5.69 Å². The molecular formula is C9H10F3NO. The number of nitrogens with one attached hydrogen (secondary N) is 1. The largest absolute Gasteiger partial charge is 0.495 e. The first-order valence-electron chi connectivity index (χ1n) is 3.92. The van der Waals surface area contributed by atoms with E-state index in [9.17, 15) is 13.2 Å². The Morgan fingerprint density at radius 3 is 2.43 bits per heavy atom. The summed E-state index contributed by atoms with van der Waals surface area (Å²) in [5.74, 6) is 0.174. The summed E-state index contributed by atoms with van der Waals surface area (Å²) in [5, 5.41) is 1.42. The van der Waals surface area contributed by atoms with Gasteiger partial charge in [-0.1, -0.05) is 6.07 Å². The molecule has 0 saturated carbocycles. The lowest BCUT2D eigenvalue weighted by molar-refractivity contribution is -0.100. The Balaban J connectivity index is 2.99. The molecule has 0 spiro atoms. The fourth-order valence-electron chi connectivity index (χ4n) is 1.07. The highest BCUT2D eigenvalue weighted by Gasteiger charge is 2.28. The highest BCUT2D eigenvalue weighted by atomic mass is 19.4. The van der Waals surface area contributed by atoms with Gasteiger partial charge in [0, 0.05) is 0 Å². The van der Waals surface area contributed by atoms with Crippen LogP contribution in [0, 0.1) is 6.92 Å². The molecule has 1 N–H and O–H groups in total. The molecule has 1 aromatic carbocycles. The molecule has 0 radical (unpaired) electrons. The van der Waals surface area contributed by atoms with Crippen molar-refractivity contribution < 1.29 is 17.9 Å². The number of aryl methyl sites for hydroxylation is 1. The van der Waals surface area contributed by atoms with Gasteiger partial charge >= 0.3 is 6.30 Å². The Labute approximate surface area is 79.7 Å². The quantitative estimate of drug-likeness (QED) is 0.749. The van der Waals surface area contributed by atoms with Gasteiger partial charge < -0.3 is 4.74 Å². The monoisotopic (exact) mass is 205 g/mol. The van der Waals surface area contributed by atoms with Gasteiger partial charge in [-0.3, -0.25) is 5.32 Å². The first kappa shape index (κ1) is 10.7. The minimum absolute atomic E-state index is 0.0694. The van der Waals surface area contributed by atoms with E-state index in [-0.39, 0.29) is 11.4 Å². The van der Waals surface area contributed by atoms with E-state index in [4.69, 9.17) is 4.74 Å². The molecule has 0 aromatic heterocycles. The van der Waals surface area contributed by atoms with E-state index in [0.717, 1.165) is 5.56 Å². The minimum atomic E-state index is -4.44. The third-order valence-corrected chi connectivity index (χ3v) is 1.63. The molecule has 0 aliphatic heterocycles. The number of benzene rings is 1. The van der Waals surface area contributed by atoms with Crippen LogP contribution in [0.2, 0.25) is 0 Å². The van der Waals surface area contributed by atoms with Gasteiger partial charge in [-0.05, 0) is 24.6 Å². The van der Waals surface area contributed by atoms with Crippen molar-refractivity contribution in [3.8, 4) is 5.75 Å². The van der Waals surface area contributed by atoms with Crippen molar-refractivity contribution in [2.24, 2.45) is 0 Å². The van der Waals surface area contributed by atoms with E-state index in [2.05, 4.69) is 0 Å². The van der Waals surface area contributed by atoms with E-state index in [1.54, 1.807) is 13.0 Å². The lowest BCUT2D eigenvalue weighted by Crippen LogP contribution is -2.21. The first-order valence-corrected chi connectivity index (χ1v) is 3.92. The summed E-state index contributed by atoms with van der Waals surface area (Å²) in [7, 11) is 1.33. The number of methoxy groups -OCH3 is 1. The topological polar surface area (TPSA) is 21.3 Å². The molecule has 1 rings (SSSR count). The van der Waals surface area contributed by atoms with Crippen molar-refractivity contribution in [2.75, 3.05) is 12.4 Å². The zero-order valence-electron chi connectivity index (χ0n) is 7.77. The third-order valence-electron chi connectivity index (χ3n) is 1.63. The van der Waals surface area contributed by atoms with E-state index in [1.165, 1.54) is 24.6 Å². The standard InChI is InChI=1S/C9H10F3NO/c1-6-3-4-8(14-2)7(5-6)13-9(10,11)12/h3-5,13H,1-2H3. The average molecular weight is 205 g/mol. The van der Waals surface area contributed by atoms with Crippen molar-refractivity contribution in [1.82, 2.24) is 0 Å². The summed E-state index contributed by atoms with van der Waals surface area (Å²) in [6.07, 6.45) is -4.44. The average Bonchev–Trinajstić information content (AvgIpc) is 2.01. The molecule has 1 aromatic rings. The van der Waals surface area contributed by atoms with Crippen LogP contribution in [0.1, 0.15) is 5.56 Å². The maximum atomic E-state index is 12.0. The lowest BCUT2D eigenvalue weighted by atomic mass is 10.2. The maximum Gasteiger partial charge on any atom is 0.482 e. The van der Waals surface area contributed by atoms with Gasteiger partial charge in [0.1, 0.15) is 5.75 Å². The lowest BCUT2D eigenvalue weighted by Gasteiger charge is -2.13. The van der Waals surface area contributed by atoms with Crippen LogP contribution >= 0.6 is 0 Å². The molecule has 0 amide bonds. The Bertz CT molecular complexity index is 322. The first-order chi connectivity index (χ1) is 6.42. The van der Waals surface area contributed by atoms with Crippen LogP contribution in [-0.2, 0) is 0 Å². The van der Waals surface area contributed by atoms with E-state index in [1.807, 2.05) is 0 Å². The molecule has 0 unspecified atom stereocenters. The van der Waals surface area contributed by atoms with Crippen LogP contribution < -0.4 is 10.1 Å². The summed E-state index contributed by atoms with van der Waals surface area (Å²) < 4.78 is 40.9. The van der Waals surface area contributed by atoms with Gasteiger partial charge in [0.05, 0.1) is 12.8 Å². The van der Waals surface area contributed by atoms with Crippen molar-refractivity contribution in [2.45, 2.75) is 13.2 Å². The van der Waals surface area contributed by atoms with Crippen LogP contribution in [0.3, 0.4) is 0 Å². The Morgan fingerprint density at radius 2 is 1.93 bits per heavy atom. The second-order valence-corrected chi connectivity index (χ2v) is 2.83. The molecule has 78 valence electrons. The van der Waals surface area contributed by atoms with Crippen molar-refractivity contribution in [3.05, 3.63) is 23.8 Å². The fourth-order valence-corrected chi connectivity index (χ4v) is 1.07. The number of hydrogen-bond acceptors (Lipinski definition) is 2. The Hall–Kier alpha value is -1.39. The van der Waals surface area contributed by atoms with Crippen LogP contribution in [0.25, 0.3) is 0 Å². The normalized spacial score (nSPS) is 11.2. The van der Waals surface area contributed by atoms with Crippen molar-refractivity contribution in [3.63, 3.8) is 0 Å². The highest BCUT2D eigenvalue weighted by Crippen LogP contribution is 2.29. The number of anilines is 1. The molecule has 0 aliphatic carbocycles. The van der Waals surface area contributed by atoms with Crippen LogP contribution in [0.5, 0.6) is 5.75 Å². The van der Waals surface area contributed by atoms with Gasteiger partial charge in [-0.2, -0.15) is 13.2 Å². The number of halogens is 3. The second-order valence-electron chi connectivity index (χ2n) is 2.83. The number of rotatable bonds is 2. The summed E-state index contributed by atoms with van der Waals surface area (Å²) in [6.45, 7) is 1.71. The predicted molar refractivity (Wildman–Crippen MR) is 47.4 cm³/mol. The van der Waals surface area contributed by atoms with Gasteiger partial charge in [0.2, 0.25) is 0 Å². The zero-order chi connectivity index (χ0) is 10.8. The van der Waals surface area contributed by atoms with E-state index in [0.29, 0.717) is 0 Å². The van der Waals surface area contributed by atoms with Gasteiger partial charge in [-0.25, -0.2) is 0 Å². The SMILES string of the molecule is COc1ccc(C)cc1NC(F)(F)F. The van der Waals surface area contributed by atoms with E-state index < -0.39 is 6.30 Å². The summed E-state index contributed by atoms with van der Waals surface area (Å²) >= 11 is 0. The molecule has 5 heteroatoms. The highest BCUT2D eigenvalue weighted by molar-refractivity contribution is 5.58. The predicted octanol–water partition coefficient (Wildman–Crippen LogP) is 2.94. The minimum Gasteiger partial charge on any atom is -0.495 e. The van der Waals surface area contributed by atoms with Gasteiger partial charge in [0.15, 0.2) is 0 Å². The van der Waals surface area contributed by atoms with Gasteiger partial charge in [-0.15, -0.1) is 0 Å². The van der Waals surface area contributed by atoms with Gasteiger partial charge in [0.25, 0.3) is 0 Å². The molecule has 0 atom stereocenters. The molecular weight excluding hydrogens is 195 g/mol. The molecule has 0 bridgehead atoms. The Kier molecular flexibility index (Phi) is 2.88. The molecule has 0 saturated heterocycles. The smallest absolute Gasteiger partial charge is 0.482 e. The second kappa shape index (κ2) is 3.77. The number of hydrogen-bond donors (Lipinski definition) is 1. The fraction of sp³-hybridized carbons (Fsp3) is 0.333. The molecule has 0 aliphatic rings. The number of ether oxygens (including phenoxy) is 1. The molecule has 2 nitrogen and oxygen atoms in total. The molecule has 0 fully saturated rings. The summed E-state index contributed by atoms with van der Waals surface area (Å²) in [6, 6.07) is 4.55. The zero-order valence-corrected chi connectivity index (χ0v) is 7.77. The molecule has 0 heterocycles. The van der Waals surface area contributed by atoms with E-state index >= 15 is 0 Å². The van der Waals surface area contributed by atoms with Crippen LogP contribution in [0.4, 0.5) is 18.9 Å². The Morgan fingerprint density at radius 1 is 1.29 bits per heavy atom. The summed E-state index contributed by atoms with van der Waals surface area (Å²) in [5.41, 5.74) is 0.664. The summed E-state index contributed by atoms with van der Waals surface area (Å²) in [4.78, 5) is 0. The van der Waals surface area contributed by atoms with Crippen LogP contribution in [-0.4, -0.2) is 13.4 Å². The van der Waals surface area contributed by atoms with Crippen molar-refractivity contribution in [1.29, 1.82) is 0 Å². The third kappa shape index (κ3) is 2.83.